The third-order valence-electron chi connectivity index (χ3n) is 4.58. The number of fused-ring (bicyclic) bond motifs is 1. The average molecular weight is 279 g/mol. The van der Waals surface area contributed by atoms with Gasteiger partial charge >= 0.3 is 0 Å². The summed E-state index contributed by atoms with van der Waals surface area (Å²) in [7, 11) is -1.48. The van der Waals surface area contributed by atoms with Gasteiger partial charge in [-0.2, -0.15) is 0 Å². The van der Waals surface area contributed by atoms with Crippen LogP contribution in [-0.4, -0.2) is 8.32 Å². The Balaban J connectivity index is 2.23. The molecular weight excluding hydrogens is 248 g/mol. The predicted molar refractivity (Wildman–Crippen MR) is 85.4 cm³/mol. The van der Waals surface area contributed by atoms with E-state index in [1.807, 2.05) is 0 Å². The van der Waals surface area contributed by atoms with Crippen LogP contribution < -0.4 is 0 Å². The van der Waals surface area contributed by atoms with Gasteiger partial charge in [-0.05, 0) is 69.7 Å². The molecule has 0 saturated carbocycles. The maximum absolute atomic E-state index is 6.38. The minimum Gasteiger partial charge on any atom is -0.547 e. The highest BCUT2D eigenvalue weighted by Gasteiger charge is 2.39. The van der Waals surface area contributed by atoms with Gasteiger partial charge in [-0.25, -0.2) is 0 Å². The summed E-state index contributed by atoms with van der Waals surface area (Å²) < 4.78 is 6.38. The van der Waals surface area contributed by atoms with Crippen molar-refractivity contribution >= 4 is 8.32 Å². The maximum atomic E-state index is 6.38. The molecule has 19 heavy (non-hydrogen) atoms. The lowest BCUT2D eigenvalue weighted by atomic mass is 9.65. The second kappa shape index (κ2) is 5.47. The van der Waals surface area contributed by atoms with Crippen molar-refractivity contribution in [3.05, 3.63) is 23.5 Å². The summed E-state index contributed by atoms with van der Waals surface area (Å²) in [6, 6.07) is 0. The highest BCUT2D eigenvalue weighted by molar-refractivity contribution is 6.70. The van der Waals surface area contributed by atoms with E-state index in [0.717, 1.165) is 17.8 Å². The molecule has 0 aromatic heterocycles. The maximum Gasteiger partial charge on any atom is 0.241 e. The Kier molecular flexibility index (Phi) is 4.29. The summed E-state index contributed by atoms with van der Waals surface area (Å²) in [5.74, 6) is 4.40. The zero-order valence-electron chi connectivity index (χ0n) is 13.5. The highest BCUT2D eigenvalue weighted by atomic mass is 28.4. The quantitative estimate of drug-likeness (QED) is 0.498. The average Bonchev–Trinajstić information content (AvgIpc) is 2.26. The first kappa shape index (κ1) is 14.9. The molecule has 0 fully saturated rings. The van der Waals surface area contributed by atoms with E-state index in [4.69, 9.17) is 4.43 Å². The standard InChI is InChI=1S/C17H30OSi/c1-12(2)14-9-10-17(18-19(4,5)6)15-8-7-13(3)11-16(14)15/h7,10,12,14-16H,8-9,11H2,1-6H3/t14-,15+,16-/m1/s1. The molecule has 0 amide bonds. The van der Waals surface area contributed by atoms with Gasteiger partial charge in [-0.1, -0.05) is 25.5 Å². The fourth-order valence-corrected chi connectivity index (χ4v) is 4.63. The molecule has 3 atom stereocenters. The van der Waals surface area contributed by atoms with E-state index in [2.05, 4.69) is 52.6 Å². The normalized spacial score (nSPS) is 31.6. The van der Waals surface area contributed by atoms with Crippen molar-refractivity contribution in [3.8, 4) is 0 Å². The first-order valence-electron chi connectivity index (χ1n) is 7.82. The van der Waals surface area contributed by atoms with Crippen molar-refractivity contribution in [2.75, 3.05) is 0 Å². The van der Waals surface area contributed by atoms with Gasteiger partial charge in [0, 0.05) is 5.92 Å². The molecule has 1 nitrogen and oxygen atoms in total. The molecule has 0 heterocycles. The molecule has 0 aliphatic heterocycles. The van der Waals surface area contributed by atoms with Crippen molar-refractivity contribution in [1.29, 1.82) is 0 Å². The van der Waals surface area contributed by atoms with Crippen LogP contribution in [0.15, 0.2) is 23.5 Å². The zero-order chi connectivity index (χ0) is 14.2. The van der Waals surface area contributed by atoms with Crippen LogP contribution in [0.1, 0.15) is 40.0 Å². The summed E-state index contributed by atoms with van der Waals surface area (Å²) in [5, 5.41) is 0. The van der Waals surface area contributed by atoms with Crippen LogP contribution in [0.2, 0.25) is 19.6 Å². The van der Waals surface area contributed by atoms with E-state index < -0.39 is 8.32 Å². The van der Waals surface area contributed by atoms with Gasteiger partial charge < -0.3 is 4.43 Å². The molecule has 2 heteroatoms. The predicted octanol–water partition coefficient (Wildman–Crippen LogP) is 5.37. The molecule has 0 N–H and O–H groups in total. The molecule has 108 valence electrons. The molecular formula is C17H30OSi. The molecule has 2 rings (SSSR count). The van der Waals surface area contributed by atoms with Crippen LogP contribution in [0.3, 0.4) is 0 Å². The molecule has 0 aromatic carbocycles. The second-order valence-electron chi connectivity index (χ2n) is 7.73. The van der Waals surface area contributed by atoms with Crippen LogP contribution >= 0.6 is 0 Å². The van der Waals surface area contributed by atoms with Crippen LogP contribution in [-0.2, 0) is 4.43 Å². The van der Waals surface area contributed by atoms with Crippen LogP contribution in [0.4, 0.5) is 0 Å². The molecule has 0 bridgehead atoms. The lowest BCUT2D eigenvalue weighted by Gasteiger charge is -2.43. The van der Waals surface area contributed by atoms with Crippen molar-refractivity contribution in [1.82, 2.24) is 0 Å². The number of rotatable bonds is 3. The van der Waals surface area contributed by atoms with Gasteiger partial charge in [0.25, 0.3) is 0 Å². The number of allylic oxidation sites excluding steroid dienone is 4. The van der Waals surface area contributed by atoms with E-state index in [1.165, 1.54) is 25.0 Å². The highest BCUT2D eigenvalue weighted by Crippen LogP contribution is 2.47. The first-order valence-corrected chi connectivity index (χ1v) is 11.2. The fraction of sp³-hybridized carbons (Fsp3) is 0.765. The lowest BCUT2D eigenvalue weighted by molar-refractivity contribution is 0.138. The third-order valence-corrected chi connectivity index (χ3v) is 5.43. The van der Waals surface area contributed by atoms with Gasteiger partial charge in [-0.15, -0.1) is 0 Å². The minimum absolute atomic E-state index is 0.650. The molecule has 2 aliphatic carbocycles. The van der Waals surface area contributed by atoms with E-state index in [-0.39, 0.29) is 0 Å². The number of hydrogen-bond donors (Lipinski definition) is 0. The van der Waals surface area contributed by atoms with Crippen molar-refractivity contribution in [2.45, 2.75) is 59.7 Å². The van der Waals surface area contributed by atoms with Crippen molar-refractivity contribution < 1.29 is 4.43 Å². The molecule has 2 aliphatic rings. The molecule has 0 aromatic rings. The summed E-state index contributed by atoms with van der Waals surface area (Å²) in [4.78, 5) is 0. The topological polar surface area (TPSA) is 9.23 Å². The Morgan fingerprint density at radius 2 is 1.84 bits per heavy atom. The zero-order valence-corrected chi connectivity index (χ0v) is 14.5. The smallest absolute Gasteiger partial charge is 0.241 e. The van der Waals surface area contributed by atoms with Gasteiger partial charge in [-0.3, -0.25) is 0 Å². The first-order chi connectivity index (χ1) is 8.78. The molecule has 0 saturated heterocycles. The largest absolute Gasteiger partial charge is 0.547 e. The SMILES string of the molecule is CC1=CC[C@@H]2C(O[Si](C)(C)C)=CC[C@H](C(C)C)[C@H]2C1. The van der Waals surface area contributed by atoms with Crippen molar-refractivity contribution in [2.24, 2.45) is 23.7 Å². The molecule has 0 unspecified atom stereocenters. The Morgan fingerprint density at radius 1 is 1.16 bits per heavy atom. The summed E-state index contributed by atoms with van der Waals surface area (Å²) in [6.45, 7) is 13.9. The Bertz CT molecular complexity index is 387. The van der Waals surface area contributed by atoms with Gasteiger partial charge in [0.05, 0.1) is 5.76 Å². The van der Waals surface area contributed by atoms with Crippen LogP contribution in [0, 0.1) is 23.7 Å². The summed E-state index contributed by atoms with van der Waals surface area (Å²) in [5.41, 5.74) is 1.58. The fourth-order valence-electron chi connectivity index (χ4n) is 3.69. The van der Waals surface area contributed by atoms with E-state index >= 15 is 0 Å². The number of hydrogen-bond acceptors (Lipinski definition) is 1. The second-order valence-corrected chi connectivity index (χ2v) is 12.2. The monoisotopic (exact) mass is 278 g/mol. The summed E-state index contributed by atoms with van der Waals surface area (Å²) in [6.07, 6.45) is 8.53. The van der Waals surface area contributed by atoms with Gasteiger partial charge in [0.2, 0.25) is 8.32 Å². The minimum atomic E-state index is -1.48. The van der Waals surface area contributed by atoms with Gasteiger partial charge in [0.1, 0.15) is 0 Å². The molecule has 0 spiro atoms. The van der Waals surface area contributed by atoms with Crippen LogP contribution in [0.5, 0.6) is 0 Å². The lowest BCUT2D eigenvalue weighted by Crippen LogP contribution is -2.37. The van der Waals surface area contributed by atoms with Crippen molar-refractivity contribution in [3.63, 3.8) is 0 Å². The summed E-state index contributed by atoms with van der Waals surface area (Å²) >= 11 is 0. The Labute approximate surface area is 120 Å². The van der Waals surface area contributed by atoms with E-state index in [0.29, 0.717) is 5.92 Å². The van der Waals surface area contributed by atoms with E-state index in [1.54, 1.807) is 5.57 Å². The van der Waals surface area contributed by atoms with E-state index in [9.17, 15) is 0 Å². The Hall–Kier alpha value is -0.503. The molecule has 0 radical (unpaired) electrons. The van der Waals surface area contributed by atoms with Crippen LogP contribution in [0.25, 0.3) is 0 Å². The third kappa shape index (κ3) is 3.53. The Morgan fingerprint density at radius 3 is 2.42 bits per heavy atom. The van der Waals surface area contributed by atoms with Gasteiger partial charge in [0.15, 0.2) is 0 Å².